The van der Waals surface area contributed by atoms with Crippen molar-refractivity contribution in [2.24, 2.45) is 0 Å². The summed E-state index contributed by atoms with van der Waals surface area (Å²) in [5, 5.41) is 8.47. The number of fused-ring (bicyclic) bond motifs is 1. The van der Waals surface area contributed by atoms with Crippen LogP contribution < -0.4 is 20.9 Å². The number of hydrogen-bond acceptors (Lipinski definition) is 3. The van der Waals surface area contributed by atoms with Gasteiger partial charge in [0.1, 0.15) is 12.6 Å². The van der Waals surface area contributed by atoms with E-state index in [9.17, 15) is 14.4 Å². The molecule has 1 heterocycles. The van der Waals surface area contributed by atoms with Crippen molar-refractivity contribution in [2.75, 3.05) is 22.1 Å². The van der Waals surface area contributed by atoms with Gasteiger partial charge in [0.2, 0.25) is 11.8 Å². The monoisotopic (exact) mass is 428 g/mol. The Morgan fingerprint density at radius 3 is 2.53 bits per heavy atom. The van der Waals surface area contributed by atoms with E-state index in [0.717, 1.165) is 11.1 Å². The predicted octanol–water partition coefficient (Wildman–Crippen LogP) is 3.71. The fraction of sp³-hybridized carbons (Fsp3) is 0.160. The fourth-order valence-electron chi connectivity index (χ4n) is 3.65. The van der Waals surface area contributed by atoms with Gasteiger partial charge in [0.05, 0.1) is 11.4 Å². The van der Waals surface area contributed by atoms with E-state index in [4.69, 9.17) is 0 Å². The molecule has 1 aliphatic heterocycles. The van der Waals surface area contributed by atoms with Gasteiger partial charge in [0.15, 0.2) is 0 Å². The molecule has 7 heteroatoms. The van der Waals surface area contributed by atoms with Crippen molar-refractivity contribution in [1.29, 1.82) is 0 Å². The van der Waals surface area contributed by atoms with E-state index in [0.29, 0.717) is 23.5 Å². The van der Waals surface area contributed by atoms with Crippen molar-refractivity contribution in [3.05, 3.63) is 90.0 Å². The van der Waals surface area contributed by atoms with E-state index >= 15 is 0 Å². The van der Waals surface area contributed by atoms with Crippen LogP contribution in [-0.2, 0) is 16.0 Å². The van der Waals surface area contributed by atoms with E-state index in [2.05, 4.69) is 16.0 Å². The second-order valence-corrected chi connectivity index (χ2v) is 7.70. The van der Waals surface area contributed by atoms with E-state index < -0.39 is 12.1 Å². The molecule has 0 fully saturated rings. The smallest absolute Gasteiger partial charge is 0.323 e. The van der Waals surface area contributed by atoms with Gasteiger partial charge in [0.25, 0.3) is 0 Å². The Hall–Kier alpha value is -4.13. The molecular formula is C25H24N4O3. The average molecular weight is 428 g/mol. The van der Waals surface area contributed by atoms with Crippen LogP contribution in [0.15, 0.2) is 78.9 Å². The molecule has 3 aromatic rings. The largest absolute Gasteiger partial charge is 0.326 e. The highest BCUT2D eigenvalue weighted by molar-refractivity contribution is 6.10. The molecule has 0 radical (unpaired) electrons. The zero-order valence-corrected chi connectivity index (χ0v) is 17.7. The maximum atomic E-state index is 13.2. The first-order chi connectivity index (χ1) is 15.5. The Balaban J connectivity index is 1.56. The lowest BCUT2D eigenvalue weighted by atomic mass is 10.0. The normalized spacial score (nSPS) is 13.5. The highest BCUT2D eigenvalue weighted by Crippen LogP contribution is 2.28. The molecular weight excluding hydrogens is 404 g/mol. The third kappa shape index (κ3) is 4.95. The summed E-state index contributed by atoms with van der Waals surface area (Å²) in [6, 6.07) is 22.7. The van der Waals surface area contributed by atoms with Crippen LogP contribution in [0.25, 0.3) is 0 Å². The predicted molar refractivity (Wildman–Crippen MR) is 125 cm³/mol. The molecule has 0 aromatic heterocycles. The lowest BCUT2D eigenvalue weighted by molar-refractivity contribution is -0.118. The van der Waals surface area contributed by atoms with Gasteiger partial charge >= 0.3 is 6.03 Å². The maximum Gasteiger partial charge on any atom is 0.323 e. The van der Waals surface area contributed by atoms with Crippen LogP contribution in [0.5, 0.6) is 0 Å². The minimum atomic E-state index is -0.831. The molecule has 1 atom stereocenters. The van der Waals surface area contributed by atoms with Crippen molar-refractivity contribution in [2.45, 2.75) is 19.4 Å². The van der Waals surface area contributed by atoms with Crippen molar-refractivity contribution in [3.8, 4) is 0 Å². The number of hydrogen-bond donors (Lipinski definition) is 3. The summed E-state index contributed by atoms with van der Waals surface area (Å²) in [5.74, 6) is -0.620. The minimum absolute atomic E-state index is 0.125. The van der Waals surface area contributed by atoms with Crippen LogP contribution in [-0.4, -0.2) is 30.4 Å². The molecule has 32 heavy (non-hydrogen) atoms. The third-order valence-electron chi connectivity index (χ3n) is 5.20. The van der Waals surface area contributed by atoms with Gasteiger partial charge in [-0.3, -0.25) is 14.5 Å². The van der Waals surface area contributed by atoms with E-state index in [1.54, 1.807) is 30.3 Å². The SMILES string of the molecule is Cc1cccc(NC(=O)[C@@H](Cc2ccccc2)NC(=O)N2CC(=O)Nc3ccccc32)c1. The van der Waals surface area contributed by atoms with Crippen LogP contribution in [0.2, 0.25) is 0 Å². The first-order valence-corrected chi connectivity index (χ1v) is 10.4. The van der Waals surface area contributed by atoms with Crippen molar-refractivity contribution in [1.82, 2.24) is 5.32 Å². The maximum absolute atomic E-state index is 13.2. The molecule has 0 bridgehead atoms. The summed E-state index contributed by atoms with van der Waals surface area (Å²) in [4.78, 5) is 39.8. The van der Waals surface area contributed by atoms with Gasteiger partial charge in [-0.15, -0.1) is 0 Å². The van der Waals surface area contributed by atoms with E-state index in [1.165, 1.54) is 4.90 Å². The lowest BCUT2D eigenvalue weighted by Gasteiger charge is -2.30. The van der Waals surface area contributed by atoms with Crippen LogP contribution in [0.1, 0.15) is 11.1 Å². The van der Waals surface area contributed by atoms with Crippen LogP contribution in [0.4, 0.5) is 21.9 Å². The van der Waals surface area contributed by atoms with E-state index in [1.807, 2.05) is 55.5 Å². The molecule has 4 amide bonds. The summed E-state index contributed by atoms with van der Waals surface area (Å²) in [5.41, 5.74) is 3.73. The summed E-state index contributed by atoms with van der Waals surface area (Å²) >= 11 is 0. The number of amides is 4. The van der Waals surface area contributed by atoms with Gasteiger partial charge in [-0.2, -0.15) is 0 Å². The first-order valence-electron chi connectivity index (χ1n) is 10.4. The topological polar surface area (TPSA) is 90.5 Å². The number of anilines is 3. The number of benzene rings is 3. The van der Waals surface area contributed by atoms with Crippen molar-refractivity contribution < 1.29 is 14.4 Å². The molecule has 0 unspecified atom stereocenters. The standard InChI is InChI=1S/C25H24N4O3/c1-17-8-7-11-19(14-17)26-24(31)21(15-18-9-3-2-4-10-18)28-25(32)29-16-23(30)27-20-12-5-6-13-22(20)29/h2-14,21H,15-16H2,1H3,(H,26,31)(H,27,30)(H,28,32)/t21-/m1/s1. The molecule has 0 aliphatic carbocycles. The highest BCUT2D eigenvalue weighted by atomic mass is 16.2. The molecule has 162 valence electrons. The average Bonchev–Trinajstić information content (AvgIpc) is 2.78. The van der Waals surface area contributed by atoms with Gasteiger partial charge in [0, 0.05) is 12.1 Å². The quantitative estimate of drug-likeness (QED) is 0.579. The number of urea groups is 1. The Kier molecular flexibility index (Phi) is 6.17. The summed E-state index contributed by atoms with van der Waals surface area (Å²) in [6.07, 6.45) is 0.311. The van der Waals surface area contributed by atoms with Crippen LogP contribution in [0, 0.1) is 6.92 Å². The number of rotatable bonds is 5. The number of nitrogens with one attached hydrogen (secondary N) is 3. The zero-order chi connectivity index (χ0) is 22.5. The Morgan fingerprint density at radius 1 is 1.00 bits per heavy atom. The molecule has 0 saturated carbocycles. The minimum Gasteiger partial charge on any atom is -0.326 e. The van der Waals surface area contributed by atoms with Crippen LogP contribution >= 0.6 is 0 Å². The summed E-state index contributed by atoms with van der Waals surface area (Å²) < 4.78 is 0. The molecule has 4 rings (SSSR count). The molecule has 3 N–H and O–H groups in total. The molecule has 0 saturated heterocycles. The van der Waals surface area contributed by atoms with Crippen molar-refractivity contribution >= 4 is 34.9 Å². The second kappa shape index (κ2) is 9.34. The van der Waals surface area contributed by atoms with Crippen molar-refractivity contribution in [3.63, 3.8) is 0 Å². The second-order valence-electron chi connectivity index (χ2n) is 7.70. The molecule has 1 aliphatic rings. The molecule has 3 aromatic carbocycles. The molecule has 7 nitrogen and oxygen atoms in total. The summed E-state index contributed by atoms with van der Waals surface area (Å²) in [7, 11) is 0. The number of carbonyl (C=O) groups excluding carboxylic acids is 3. The first kappa shape index (κ1) is 21.1. The zero-order valence-electron chi connectivity index (χ0n) is 17.7. The lowest BCUT2D eigenvalue weighted by Crippen LogP contribution is -2.53. The Bertz CT molecular complexity index is 1150. The van der Waals surface area contributed by atoms with Gasteiger partial charge in [-0.1, -0.05) is 54.6 Å². The molecule has 0 spiro atoms. The third-order valence-corrected chi connectivity index (χ3v) is 5.20. The number of aryl methyl sites for hydroxylation is 1. The summed E-state index contributed by atoms with van der Waals surface area (Å²) in [6.45, 7) is 1.82. The van der Waals surface area contributed by atoms with Gasteiger partial charge in [-0.25, -0.2) is 4.79 Å². The van der Waals surface area contributed by atoms with Gasteiger partial charge in [-0.05, 0) is 42.3 Å². The Labute approximate surface area is 186 Å². The number of carbonyl (C=O) groups is 3. The Morgan fingerprint density at radius 2 is 1.75 bits per heavy atom. The number of nitrogens with zero attached hydrogens (tertiary/aromatic N) is 1. The fourth-order valence-corrected chi connectivity index (χ4v) is 3.65. The number of para-hydroxylation sites is 2. The highest BCUT2D eigenvalue weighted by Gasteiger charge is 2.30. The van der Waals surface area contributed by atoms with Crippen LogP contribution in [0.3, 0.4) is 0 Å². The van der Waals surface area contributed by atoms with E-state index in [-0.39, 0.29) is 18.4 Å². The van der Waals surface area contributed by atoms with Gasteiger partial charge < -0.3 is 16.0 Å².